The first-order chi connectivity index (χ1) is 7.34. The van der Waals surface area contributed by atoms with Gasteiger partial charge in [0.05, 0.1) is 11.9 Å². The first-order valence-electron chi connectivity index (χ1n) is 5.03. The van der Waals surface area contributed by atoms with Crippen molar-refractivity contribution in [1.82, 2.24) is 15.6 Å². The topological polar surface area (TPSA) is 66.0 Å². The minimum Gasteiger partial charge on any atom is -0.334 e. The average molecular weight is 206 g/mol. The van der Waals surface area contributed by atoms with Crippen molar-refractivity contribution >= 4 is 11.7 Å². The maximum atomic E-state index is 11.5. The van der Waals surface area contributed by atoms with E-state index in [1.807, 2.05) is 0 Å². The third-order valence-corrected chi connectivity index (χ3v) is 2.31. The van der Waals surface area contributed by atoms with Gasteiger partial charge in [-0.2, -0.15) is 0 Å². The molecule has 2 rings (SSSR count). The largest absolute Gasteiger partial charge is 0.334 e. The number of anilines is 1. The Morgan fingerprint density at radius 1 is 1.60 bits per heavy atom. The van der Waals surface area contributed by atoms with Crippen LogP contribution in [-0.4, -0.2) is 30.1 Å². The minimum absolute atomic E-state index is 0.170. The summed E-state index contributed by atoms with van der Waals surface area (Å²) >= 11 is 0. The Hall–Kier alpha value is -1.62. The van der Waals surface area contributed by atoms with Crippen LogP contribution in [0.15, 0.2) is 24.5 Å². The van der Waals surface area contributed by atoms with Gasteiger partial charge in [-0.3, -0.25) is 4.98 Å². The molecule has 1 atom stereocenters. The zero-order valence-electron chi connectivity index (χ0n) is 8.36. The lowest BCUT2D eigenvalue weighted by atomic mass is 10.3. The van der Waals surface area contributed by atoms with Gasteiger partial charge in [0.1, 0.15) is 0 Å². The fourth-order valence-corrected chi connectivity index (χ4v) is 1.57. The number of urea groups is 1. The molecule has 5 nitrogen and oxygen atoms in total. The van der Waals surface area contributed by atoms with Crippen molar-refractivity contribution in [2.45, 2.75) is 12.5 Å². The molecule has 0 saturated carbocycles. The molecule has 80 valence electrons. The summed E-state index contributed by atoms with van der Waals surface area (Å²) in [4.78, 5) is 15.4. The number of hydrogen-bond donors (Lipinski definition) is 3. The van der Waals surface area contributed by atoms with Crippen LogP contribution in [-0.2, 0) is 0 Å². The van der Waals surface area contributed by atoms with Gasteiger partial charge in [-0.25, -0.2) is 4.79 Å². The molecule has 3 N–H and O–H groups in total. The highest BCUT2D eigenvalue weighted by Gasteiger charge is 2.16. The summed E-state index contributed by atoms with van der Waals surface area (Å²) in [5.74, 6) is 0. The van der Waals surface area contributed by atoms with Crippen LogP contribution in [0, 0.1) is 0 Å². The second kappa shape index (κ2) is 4.75. The molecule has 1 saturated heterocycles. The average Bonchev–Trinajstić information content (AvgIpc) is 2.71. The Balaban J connectivity index is 1.82. The molecule has 0 bridgehead atoms. The van der Waals surface area contributed by atoms with Crippen molar-refractivity contribution in [2.24, 2.45) is 0 Å². The highest BCUT2D eigenvalue weighted by molar-refractivity contribution is 5.89. The third-order valence-electron chi connectivity index (χ3n) is 2.31. The van der Waals surface area contributed by atoms with Crippen LogP contribution in [0.5, 0.6) is 0 Å². The zero-order chi connectivity index (χ0) is 10.5. The lowest BCUT2D eigenvalue weighted by Crippen LogP contribution is -2.39. The molecular weight excluding hydrogens is 192 g/mol. The van der Waals surface area contributed by atoms with Gasteiger partial charge in [0, 0.05) is 18.8 Å². The maximum absolute atomic E-state index is 11.5. The molecule has 0 radical (unpaired) electrons. The van der Waals surface area contributed by atoms with Crippen LogP contribution in [0.2, 0.25) is 0 Å². The summed E-state index contributed by atoms with van der Waals surface area (Å²) in [7, 11) is 0. The number of nitrogens with zero attached hydrogens (tertiary/aromatic N) is 1. The summed E-state index contributed by atoms with van der Waals surface area (Å²) in [5, 5.41) is 8.80. The van der Waals surface area contributed by atoms with Crippen molar-refractivity contribution < 1.29 is 4.79 Å². The molecule has 1 aromatic heterocycles. The van der Waals surface area contributed by atoms with Crippen molar-refractivity contribution in [3.05, 3.63) is 24.5 Å². The van der Waals surface area contributed by atoms with E-state index in [1.165, 1.54) is 0 Å². The van der Waals surface area contributed by atoms with Crippen LogP contribution < -0.4 is 16.0 Å². The van der Waals surface area contributed by atoms with Gasteiger partial charge in [0.25, 0.3) is 0 Å². The highest BCUT2D eigenvalue weighted by atomic mass is 16.2. The number of nitrogens with one attached hydrogen (secondary N) is 3. The predicted octanol–water partition coefficient (Wildman–Crippen LogP) is 0.565. The van der Waals surface area contributed by atoms with Gasteiger partial charge in [0.2, 0.25) is 0 Å². The molecule has 2 heterocycles. The van der Waals surface area contributed by atoms with E-state index in [2.05, 4.69) is 20.9 Å². The van der Waals surface area contributed by atoms with E-state index in [9.17, 15) is 4.79 Å². The molecule has 1 unspecified atom stereocenters. The molecule has 1 aliphatic rings. The molecule has 0 aliphatic carbocycles. The molecule has 0 spiro atoms. The van der Waals surface area contributed by atoms with E-state index in [-0.39, 0.29) is 12.1 Å². The number of hydrogen-bond acceptors (Lipinski definition) is 3. The first kappa shape index (κ1) is 9.92. The predicted molar refractivity (Wildman–Crippen MR) is 57.7 cm³/mol. The molecule has 0 aromatic carbocycles. The molecule has 1 fully saturated rings. The number of rotatable bonds is 2. The summed E-state index contributed by atoms with van der Waals surface area (Å²) in [6.07, 6.45) is 4.27. The van der Waals surface area contributed by atoms with Crippen molar-refractivity contribution in [1.29, 1.82) is 0 Å². The number of carbonyl (C=O) groups excluding carboxylic acids is 1. The Labute approximate surface area is 88.3 Å². The van der Waals surface area contributed by atoms with Crippen LogP contribution in [0.3, 0.4) is 0 Å². The fraction of sp³-hybridized carbons (Fsp3) is 0.400. The van der Waals surface area contributed by atoms with Crippen molar-refractivity contribution in [3.8, 4) is 0 Å². The Morgan fingerprint density at radius 2 is 2.53 bits per heavy atom. The van der Waals surface area contributed by atoms with E-state index in [4.69, 9.17) is 0 Å². The molecule has 15 heavy (non-hydrogen) atoms. The van der Waals surface area contributed by atoms with Gasteiger partial charge in [0.15, 0.2) is 0 Å². The fourth-order valence-electron chi connectivity index (χ4n) is 1.57. The van der Waals surface area contributed by atoms with E-state index in [1.54, 1.807) is 24.5 Å². The van der Waals surface area contributed by atoms with Gasteiger partial charge >= 0.3 is 6.03 Å². The Morgan fingerprint density at radius 3 is 3.20 bits per heavy atom. The Bertz CT molecular complexity index is 321. The number of amides is 2. The molecule has 2 amide bonds. The normalized spacial score (nSPS) is 19.9. The van der Waals surface area contributed by atoms with Crippen LogP contribution in [0.25, 0.3) is 0 Å². The second-order valence-corrected chi connectivity index (χ2v) is 3.53. The lowest BCUT2D eigenvalue weighted by molar-refractivity contribution is 0.249. The highest BCUT2D eigenvalue weighted by Crippen LogP contribution is 2.03. The monoisotopic (exact) mass is 206 g/mol. The molecule has 1 aromatic rings. The molecular formula is C10H14N4O. The minimum atomic E-state index is -0.170. The number of aromatic nitrogens is 1. The SMILES string of the molecule is O=C(Nc1cccnc1)NC1CCNC1. The number of pyridine rings is 1. The quantitative estimate of drug-likeness (QED) is 0.662. The van der Waals surface area contributed by atoms with E-state index in [0.717, 1.165) is 19.5 Å². The first-order valence-corrected chi connectivity index (χ1v) is 5.03. The maximum Gasteiger partial charge on any atom is 0.319 e. The second-order valence-electron chi connectivity index (χ2n) is 3.53. The van der Waals surface area contributed by atoms with Crippen molar-refractivity contribution in [3.63, 3.8) is 0 Å². The molecule has 5 heteroatoms. The van der Waals surface area contributed by atoms with Gasteiger partial charge < -0.3 is 16.0 Å². The standard InChI is InChI=1S/C10H14N4O/c15-10(14-9-3-5-12-7-9)13-8-2-1-4-11-6-8/h1-2,4,6,9,12H,3,5,7H2,(H2,13,14,15). The van der Waals surface area contributed by atoms with Gasteiger partial charge in [-0.05, 0) is 25.1 Å². The molecule has 1 aliphatic heterocycles. The third kappa shape index (κ3) is 2.92. The van der Waals surface area contributed by atoms with Crippen LogP contribution >= 0.6 is 0 Å². The van der Waals surface area contributed by atoms with Crippen LogP contribution in [0.4, 0.5) is 10.5 Å². The number of carbonyl (C=O) groups is 1. The van der Waals surface area contributed by atoms with Crippen molar-refractivity contribution in [2.75, 3.05) is 18.4 Å². The van der Waals surface area contributed by atoms with Gasteiger partial charge in [-0.15, -0.1) is 0 Å². The zero-order valence-corrected chi connectivity index (χ0v) is 8.36. The Kier molecular flexibility index (Phi) is 3.14. The van der Waals surface area contributed by atoms with Crippen LogP contribution in [0.1, 0.15) is 6.42 Å². The summed E-state index contributed by atoms with van der Waals surface area (Å²) < 4.78 is 0. The lowest BCUT2D eigenvalue weighted by Gasteiger charge is -2.11. The summed E-state index contributed by atoms with van der Waals surface area (Å²) in [6, 6.07) is 3.66. The van der Waals surface area contributed by atoms with Gasteiger partial charge in [-0.1, -0.05) is 0 Å². The smallest absolute Gasteiger partial charge is 0.319 e. The van der Waals surface area contributed by atoms with E-state index >= 15 is 0 Å². The van der Waals surface area contributed by atoms with E-state index in [0.29, 0.717) is 5.69 Å². The summed E-state index contributed by atoms with van der Waals surface area (Å²) in [5.41, 5.74) is 0.709. The van der Waals surface area contributed by atoms with E-state index < -0.39 is 0 Å². The summed E-state index contributed by atoms with van der Waals surface area (Å²) in [6.45, 7) is 1.82.